The Morgan fingerprint density at radius 2 is 2.04 bits per heavy atom. The van der Waals surface area contributed by atoms with Crippen LogP contribution in [0.5, 0.6) is 0 Å². The summed E-state index contributed by atoms with van der Waals surface area (Å²) in [6.07, 6.45) is 2.52. The monoisotopic (exact) mass is 353 g/mol. The minimum absolute atomic E-state index is 0.254. The van der Waals surface area contributed by atoms with Crippen molar-refractivity contribution in [1.82, 2.24) is 14.9 Å². The highest BCUT2D eigenvalue weighted by Gasteiger charge is 2.18. The van der Waals surface area contributed by atoms with Crippen molar-refractivity contribution < 1.29 is 9.59 Å². The Morgan fingerprint density at radius 3 is 2.69 bits per heavy atom. The van der Waals surface area contributed by atoms with Gasteiger partial charge in [-0.3, -0.25) is 9.59 Å². The normalized spacial score (nSPS) is 13.9. The van der Waals surface area contributed by atoms with Crippen molar-refractivity contribution in [3.8, 4) is 11.4 Å². The standard InChI is InChI=1S/C19H23N5O2/c1-13-12-16(21-9-3-11-24-10-2-4-17(24)25)23-19(22-13)15-7-5-14(6-8-15)18(20)26/h5-8,12H,2-4,9-11H2,1H3,(H2,20,26)(H,21,22,23). The molecule has 0 spiro atoms. The average molecular weight is 353 g/mol. The van der Waals surface area contributed by atoms with Gasteiger partial charge in [0, 0.05) is 48.9 Å². The van der Waals surface area contributed by atoms with Gasteiger partial charge >= 0.3 is 0 Å². The number of hydrogen-bond acceptors (Lipinski definition) is 5. The lowest BCUT2D eigenvalue weighted by molar-refractivity contribution is -0.127. The van der Waals surface area contributed by atoms with E-state index >= 15 is 0 Å². The van der Waals surface area contributed by atoms with Gasteiger partial charge in [-0.05, 0) is 31.9 Å². The molecular weight excluding hydrogens is 330 g/mol. The van der Waals surface area contributed by atoms with Crippen LogP contribution in [0.15, 0.2) is 30.3 Å². The Labute approximate surface area is 152 Å². The van der Waals surface area contributed by atoms with Gasteiger partial charge in [0.05, 0.1) is 0 Å². The molecule has 3 N–H and O–H groups in total. The summed E-state index contributed by atoms with van der Waals surface area (Å²) in [5, 5.41) is 3.30. The number of primary amides is 1. The number of anilines is 1. The second-order valence-corrected chi connectivity index (χ2v) is 6.42. The van der Waals surface area contributed by atoms with Crippen molar-refractivity contribution in [3.63, 3.8) is 0 Å². The van der Waals surface area contributed by atoms with Gasteiger partial charge in [0.15, 0.2) is 5.82 Å². The maximum Gasteiger partial charge on any atom is 0.248 e. The highest BCUT2D eigenvalue weighted by Crippen LogP contribution is 2.19. The molecule has 0 radical (unpaired) electrons. The molecule has 1 aliphatic rings. The van der Waals surface area contributed by atoms with Crippen molar-refractivity contribution in [1.29, 1.82) is 0 Å². The summed E-state index contributed by atoms with van der Waals surface area (Å²) < 4.78 is 0. The van der Waals surface area contributed by atoms with Crippen molar-refractivity contribution in [2.24, 2.45) is 5.73 Å². The minimum Gasteiger partial charge on any atom is -0.370 e. The topological polar surface area (TPSA) is 101 Å². The predicted molar refractivity (Wildman–Crippen MR) is 99.6 cm³/mol. The molecule has 1 saturated heterocycles. The first kappa shape index (κ1) is 17.8. The molecule has 1 aromatic heterocycles. The molecule has 0 saturated carbocycles. The number of aromatic nitrogens is 2. The van der Waals surface area contributed by atoms with Crippen LogP contribution in [0.1, 0.15) is 35.3 Å². The highest BCUT2D eigenvalue weighted by atomic mass is 16.2. The van der Waals surface area contributed by atoms with Gasteiger partial charge < -0.3 is 16.0 Å². The fourth-order valence-corrected chi connectivity index (χ4v) is 3.00. The molecule has 1 aliphatic heterocycles. The highest BCUT2D eigenvalue weighted by molar-refractivity contribution is 5.93. The molecular formula is C19H23N5O2. The van der Waals surface area contributed by atoms with E-state index in [0.717, 1.165) is 49.6 Å². The van der Waals surface area contributed by atoms with Crippen LogP contribution in [0.4, 0.5) is 5.82 Å². The maximum atomic E-state index is 11.6. The van der Waals surface area contributed by atoms with E-state index in [4.69, 9.17) is 5.73 Å². The van der Waals surface area contributed by atoms with Crippen molar-refractivity contribution in [2.75, 3.05) is 25.0 Å². The summed E-state index contributed by atoms with van der Waals surface area (Å²) in [6, 6.07) is 8.81. The van der Waals surface area contributed by atoms with Gasteiger partial charge in [-0.1, -0.05) is 12.1 Å². The fourth-order valence-electron chi connectivity index (χ4n) is 3.00. The van der Waals surface area contributed by atoms with E-state index in [9.17, 15) is 9.59 Å². The molecule has 136 valence electrons. The molecule has 2 aromatic rings. The summed E-state index contributed by atoms with van der Waals surface area (Å²) in [7, 11) is 0. The molecule has 2 heterocycles. The molecule has 1 fully saturated rings. The van der Waals surface area contributed by atoms with E-state index in [2.05, 4.69) is 15.3 Å². The molecule has 0 aliphatic carbocycles. The molecule has 3 rings (SSSR count). The summed E-state index contributed by atoms with van der Waals surface area (Å²) in [5.74, 6) is 1.14. The van der Waals surface area contributed by atoms with E-state index < -0.39 is 5.91 Å². The number of nitrogens with one attached hydrogen (secondary N) is 1. The van der Waals surface area contributed by atoms with Gasteiger partial charge in [0.1, 0.15) is 5.82 Å². The lowest BCUT2D eigenvalue weighted by Crippen LogP contribution is -2.27. The van der Waals surface area contributed by atoms with Crippen molar-refractivity contribution in [3.05, 3.63) is 41.6 Å². The van der Waals surface area contributed by atoms with Crippen LogP contribution in [-0.2, 0) is 4.79 Å². The molecule has 0 bridgehead atoms. The number of benzene rings is 1. The first-order valence-corrected chi connectivity index (χ1v) is 8.80. The van der Waals surface area contributed by atoms with Crippen LogP contribution in [-0.4, -0.2) is 46.3 Å². The van der Waals surface area contributed by atoms with E-state index in [-0.39, 0.29) is 5.91 Å². The Hall–Kier alpha value is -2.96. The lowest BCUT2D eigenvalue weighted by Gasteiger charge is -2.15. The summed E-state index contributed by atoms with van der Waals surface area (Å²) in [5.41, 5.74) is 7.40. The Kier molecular flexibility index (Phi) is 5.46. The Bertz CT molecular complexity index is 804. The van der Waals surface area contributed by atoms with Crippen LogP contribution >= 0.6 is 0 Å². The second-order valence-electron chi connectivity index (χ2n) is 6.42. The molecule has 2 amide bonds. The number of carbonyl (C=O) groups is 2. The van der Waals surface area contributed by atoms with E-state index in [1.165, 1.54) is 0 Å². The number of carbonyl (C=O) groups excluding carboxylic acids is 2. The van der Waals surface area contributed by atoms with Gasteiger partial charge in [0.25, 0.3) is 0 Å². The van der Waals surface area contributed by atoms with E-state index in [1.807, 2.05) is 17.9 Å². The van der Waals surface area contributed by atoms with Crippen LogP contribution < -0.4 is 11.1 Å². The number of nitrogens with zero attached hydrogens (tertiary/aromatic N) is 3. The van der Waals surface area contributed by atoms with E-state index in [0.29, 0.717) is 17.8 Å². The smallest absolute Gasteiger partial charge is 0.248 e. The zero-order valence-electron chi connectivity index (χ0n) is 14.9. The van der Waals surface area contributed by atoms with Gasteiger partial charge in [-0.2, -0.15) is 0 Å². The van der Waals surface area contributed by atoms with Crippen LogP contribution in [0.25, 0.3) is 11.4 Å². The minimum atomic E-state index is -0.458. The molecule has 1 aromatic carbocycles. The van der Waals surface area contributed by atoms with Crippen molar-refractivity contribution >= 4 is 17.6 Å². The SMILES string of the molecule is Cc1cc(NCCCN2CCCC2=O)nc(-c2ccc(C(N)=O)cc2)n1. The third-order valence-corrected chi connectivity index (χ3v) is 4.36. The number of aryl methyl sites for hydroxylation is 1. The molecule has 0 atom stereocenters. The summed E-state index contributed by atoms with van der Waals surface area (Å²) in [4.78, 5) is 33.7. The zero-order chi connectivity index (χ0) is 18.5. The molecule has 26 heavy (non-hydrogen) atoms. The second kappa shape index (κ2) is 7.95. The zero-order valence-corrected chi connectivity index (χ0v) is 14.9. The lowest BCUT2D eigenvalue weighted by atomic mass is 10.1. The largest absolute Gasteiger partial charge is 0.370 e. The number of nitrogens with two attached hydrogens (primary N) is 1. The predicted octanol–water partition coefficient (Wildman–Crippen LogP) is 1.98. The first-order chi connectivity index (χ1) is 12.5. The average Bonchev–Trinajstić information content (AvgIpc) is 3.03. The summed E-state index contributed by atoms with van der Waals surface area (Å²) >= 11 is 0. The third-order valence-electron chi connectivity index (χ3n) is 4.36. The Balaban J connectivity index is 1.61. The van der Waals surface area contributed by atoms with Gasteiger partial charge in [-0.25, -0.2) is 9.97 Å². The van der Waals surface area contributed by atoms with E-state index in [1.54, 1.807) is 24.3 Å². The summed E-state index contributed by atoms with van der Waals surface area (Å²) in [6.45, 7) is 4.30. The Morgan fingerprint density at radius 1 is 1.27 bits per heavy atom. The number of amides is 2. The van der Waals surface area contributed by atoms with Gasteiger partial charge in [-0.15, -0.1) is 0 Å². The fraction of sp³-hybridized carbons (Fsp3) is 0.368. The van der Waals surface area contributed by atoms with Crippen LogP contribution in [0.3, 0.4) is 0 Å². The maximum absolute atomic E-state index is 11.6. The third kappa shape index (κ3) is 4.36. The first-order valence-electron chi connectivity index (χ1n) is 8.80. The van der Waals surface area contributed by atoms with Crippen LogP contribution in [0, 0.1) is 6.92 Å². The molecule has 0 unspecified atom stereocenters. The molecule has 7 nitrogen and oxygen atoms in total. The van der Waals surface area contributed by atoms with Gasteiger partial charge in [0.2, 0.25) is 11.8 Å². The number of likely N-dealkylation sites (tertiary alicyclic amines) is 1. The number of hydrogen-bond donors (Lipinski definition) is 2. The molecule has 7 heteroatoms. The van der Waals surface area contributed by atoms with Crippen molar-refractivity contribution in [2.45, 2.75) is 26.2 Å². The quantitative estimate of drug-likeness (QED) is 0.741. The van der Waals surface area contributed by atoms with Crippen LogP contribution in [0.2, 0.25) is 0 Å². The number of rotatable bonds is 7.